The molecule has 2 aromatic rings. The van der Waals surface area contributed by atoms with Gasteiger partial charge in [0.2, 0.25) is 0 Å². The van der Waals surface area contributed by atoms with Gasteiger partial charge in [-0.2, -0.15) is 0 Å². The number of benzene rings is 2. The van der Waals surface area contributed by atoms with E-state index < -0.39 is 5.97 Å². The summed E-state index contributed by atoms with van der Waals surface area (Å²) in [5, 5.41) is 2.87. The highest BCUT2D eigenvalue weighted by atomic mass is 16.6. The molecule has 0 unspecified atom stereocenters. The molecule has 1 N–H and O–H groups in total. The number of anilines is 1. The summed E-state index contributed by atoms with van der Waals surface area (Å²) in [6.07, 6.45) is 3.38. The maximum absolute atomic E-state index is 12.3. The van der Waals surface area contributed by atoms with Crippen LogP contribution in [0.2, 0.25) is 0 Å². The first-order valence-electron chi connectivity index (χ1n) is 8.91. The van der Waals surface area contributed by atoms with Crippen LogP contribution >= 0.6 is 0 Å². The van der Waals surface area contributed by atoms with E-state index in [1.54, 1.807) is 31.2 Å². The van der Waals surface area contributed by atoms with Crippen molar-refractivity contribution in [2.45, 2.75) is 33.1 Å². The summed E-state index contributed by atoms with van der Waals surface area (Å²) < 4.78 is 10.1. The predicted octanol–water partition coefficient (Wildman–Crippen LogP) is 4.22. The van der Waals surface area contributed by atoms with Crippen LogP contribution in [-0.2, 0) is 16.0 Å². The fourth-order valence-corrected chi connectivity index (χ4v) is 2.39. The summed E-state index contributed by atoms with van der Waals surface area (Å²) in [4.78, 5) is 23.6. The number of hydrogen-bond donors (Lipinski definition) is 1. The van der Waals surface area contributed by atoms with Crippen LogP contribution in [0.4, 0.5) is 5.69 Å². The molecule has 2 rings (SSSR count). The number of rotatable bonds is 9. The molecule has 5 heteroatoms. The summed E-state index contributed by atoms with van der Waals surface area (Å²) >= 11 is 0. The fraction of sp³-hybridized carbons (Fsp3) is 0.333. The zero-order valence-corrected chi connectivity index (χ0v) is 15.3. The zero-order valence-electron chi connectivity index (χ0n) is 15.3. The lowest BCUT2D eigenvalue weighted by atomic mass is 10.1. The Morgan fingerprint density at radius 2 is 1.65 bits per heavy atom. The second-order valence-corrected chi connectivity index (χ2v) is 5.87. The van der Waals surface area contributed by atoms with Gasteiger partial charge < -0.3 is 14.8 Å². The van der Waals surface area contributed by atoms with Gasteiger partial charge in [0.1, 0.15) is 5.75 Å². The third-order valence-electron chi connectivity index (χ3n) is 3.81. The average Bonchev–Trinajstić information content (AvgIpc) is 2.66. The van der Waals surface area contributed by atoms with E-state index in [4.69, 9.17) is 9.47 Å². The van der Waals surface area contributed by atoms with E-state index in [2.05, 4.69) is 12.2 Å². The molecule has 138 valence electrons. The van der Waals surface area contributed by atoms with Gasteiger partial charge >= 0.3 is 5.97 Å². The van der Waals surface area contributed by atoms with Crippen LogP contribution in [0.5, 0.6) is 5.75 Å². The number of aryl methyl sites for hydroxylation is 1. The minimum Gasteiger partial charge on any atom is -0.482 e. The van der Waals surface area contributed by atoms with E-state index in [0.29, 0.717) is 17.9 Å². The van der Waals surface area contributed by atoms with Crippen molar-refractivity contribution in [3.63, 3.8) is 0 Å². The monoisotopic (exact) mass is 355 g/mol. The Kier molecular flexibility index (Phi) is 7.68. The first-order valence-corrected chi connectivity index (χ1v) is 8.91. The number of unbranched alkanes of at least 4 members (excludes halogenated alkanes) is 1. The molecule has 0 saturated heterocycles. The minimum atomic E-state index is -0.420. The van der Waals surface area contributed by atoms with Crippen molar-refractivity contribution in [2.24, 2.45) is 0 Å². The van der Waals surface area contributed by atoms with Gasteiger partial charge in [0.25, 0.3) is 5.91 Å². The third-order valence-corrected chi connectivity index (χ3v) is 3.81. The first kappa shape index (κ1) is 19.5. The van der Waals surface area contributed by atoms with Crippen LogP contribution < -0.4 is 10.1 Å². The lowest BCUT2D eigenvalue weighted by Gasteiger charge is -2.08. The normalized spacial score (nSPS) is 10.2. The van der Waals surface area contributed by atoms with Crippen molar-refractivity contribution in [3.05, 3.63) is 59.7 Å². The topological polar surface area (TPSA) is 64.6 Å². The van der Waals surface area contributed by atoms with Crippen LogP contribution in [0.1, 0.15) is 42.6 Å². The molecule has 0 aliphatic heterocycles. The average molecular weight is 355 g/mol. The molecule has 0 atom stereocenters. The second-order valence-electron chi connectivity index (χ2n) is 5.87. The number of ether oxygens (including phenoxy) is 2. The lowest BCUT2D eigenvalue weighted by molar-refractivity contribution is -0.145. The number of hydrogen-bond acceptors (Lipinski definition) is 4. The number of carbonyl (C=O) groups is 2. The highest BCUT2D eigenvalue weighted by Gasteiger charge is 2.08. The lowest BCUT2D eigenvalue weighted by Crippen LogP contribution is -2.15. The van der Waals surface area contributed by atoms with Crippen LogP contribution in [0.25, 0.3) is 0 Å². The van der Waals surface area contributed by atoms with Crippen LogP contribution in [0, 0.1) is 0 Å². The summed E-state index contributed by atoms with van der Waals surface area (Å²) in [7, 11) is 0. The summed E-state index contributed by atoms with van der Waals surface area (Å²) in [5.74, 6) is -0.102. The maximum atomic E-state index is 12.3. The minimum absolute atomic E-state index is 0.149. The van der Waals surface area contributed by atoms with E-state index in [1.807, 2.05) is 24.3 Å². The quantitative estimate of drug-likeness (QED) is 0.684. The van der Waals surface area contributed by atoms with Gasteiger partial charge in [-0.3, -0.25) is 4.79 Å². The van der Waals surface area contributed by atoms with Crippen LogP contribution in [-0.4, -0.2) is 25.1 Å². The highest BCUT2D eigenvalue weighted by Crippen LogP contribution is 2.16. The highest BCUT2D eigenvalue weighted by molar-refractivity contribution is 6.04. The molecule has 0 saturated carbocycles. The van der Waals surface area contributed by atoms with Crippen LogP contribution in [0.3, 0.4) is 0 Å². The molecular formula is C21H25NO4. The smallest absolute Gasteiger partial charge is 0.344 e. The van der Waals surface area contributed by atoms with Gasteiger partial charge in [0.05, 0.1) is 6.61 Å². The molecule has 2 aromatic carbocycles. The maximum Gasteiger partial charge on any atom is 0.344 e. The van der Waals surface area contributed by atoms with E-state index in [-0.39, 0.29) is 12.5 Å². The van der Waals surface area contributed by atoms with Crippen molar-refractivity contribution in [2.75, 3.05) is 18.5 Å². The molecule has 0 aliphatic carbocycles. The van der Waals surface area contributed by atoms with Gasteiger partial charge in [0, 0.05) is 11.3 Å². The van der Waals surface area contributed by atoms with Gasteiger partial charge in [-0.25, -0.2) is 4.79 Å². The Labute approximate surface area is 154 Å². The first-order chi connectivity index (χ1) is 12.6. The molecule has 1 amide bonds. The van der Waals surface area contributed by atoms with E-state index >= 15 is 0 Å². The summed E-state index contributed by atoms with van der Waals surface area (Å²) in [5.41, 5.74) is 2.55. The number of esters is 1. The SMILES string of the molecule is CCCCc1ccc(NC(=O)c2ccc(OCC(=O)OCC)cc2)cc1. The van der Waals surface area contributed by atoms with Crippen molar-refractivity contribution in [1.29, 1.82) is 0 Å². The fourth-order valence-electron chi connectivity index (χ4n) is 2.39. The molecule has 0 aliphatic rings. The summed E-state index contributed by atoms with van der Waals surface area (Å²) in [6, 6.07) is 14.5. The largest absolute Gasteiger partial charge is 0.482 e. The Morgan fingerprint density at radius 1 is 0.962 bits per heavy atom. The standard InChI is InChI=1S/C21H25NO4/c1-3-5-6-16-7-11-18(12-8-16)22-21(24)17-9-13-19(14-10-17)26-15-20(23)25-4-2/h7-14H,3-6,15H2,1-2H3,(H,22,24). The van der Waals surface area contributed by atoms with E-state index in [1.165, 1.54) is 5.56 Å². The second kappa shape index (κ2) is 10.2. The third kappa shape index (κ3) is 6.24. The van der Waals surface area contributed by atoms with Crippen molar-refractivity contribution in [1.82, 2.24) is 0 Å². The summed E-state index contributed by atoms with van der Waals surface area (Å²) in [6.45, 7) is 4.08. The van der Waals surface area contributed by atoms with Crippen molar-refractivity contribution >= 4 is 17.6 Å². The van der Waals surface area contributed by atoms with E-state index in [9.17, 15) is 9.59 Å². The number of nitrogens with one attached hydrogen (secondary N) is 1. The molecule has 26 heavy (non-hydrogen) atoms. The van der Waals surface area contributed by atoms with Gasteiger partial charge in [-0.05, 0) is 61.7 Å². The molecule has 0 fully saturated rings. The predicted molar refractivity (Wildman–Crippen MR) is 102 cm³/mol. The van der Waals surface area contributed by atoms with E-state index in [0.717, 1.165) is 24.9 Å². The molecule has 5 nitrogen and oxygen atoms in total. The molecule has 0 bridgehead atoms. The molecule has 0 heterocycles. The van der Waals surface area contributed by atoms with Crippen molar-refractivity contribution in [3.8, 4) is 5.75 Å². The zero-order chi connectivity index (χ0) is 18.8. The van der Waals surface area contributed by atoms with Crippen molar-refractivity contribution < 1.29 is 19.1 Å². The Morgan fingerprint density at radius 3 is 2.27 bits per heavy atom. The number of amides is 1. The molecular weight excluding hydrogens is 330 g/mol. The molecule has 0 aromatic heterocycles. The molecule has 0 radical (unpaired) electrons. The van der Waals surface area contributed by atoms with Gasteiger partial charge in [0.15, 0.2) is 6.61 Å². The molecule has 0 spiro atoms. The number of carbonyl (C=O) groups excluding carboxylic acids is 2. The van der Waals surface area contributed by atoms with Gasteiger partial charge in [-0.1, -0.05) is 25.5 Å². The Bertz CT molecular complexity index is 708. The Hall–Kier alpha value is -2.82. The van der Waals surface area contributed by atoms with Crippen LogP contribution in [0.15, 0.2) is 48.5 Å². The Balaban J connectivity index is 1.88. The van der Waals surface area contributed by atoms with Gasteiger partial charge in [-0.15, -0.1) is 0 Å².